The minimum Gasteiger partial charge on any atom is -0.0842 e. The first-order chi connectivity index (χ1) is 7.70. The van der Waals surface area contributed by atoms with Gasteiger partial charge in [-0.15, -0.1) is 0 Å². The Hall–Kier alpha value is -0.273. The Labute approximate surface area is 108 Å². The van der Waals surface area contributed by atoms with Crippen LogP contribution in [0.1, 0.15) is 50.7 Å². The lowest BCUT2D eigenvalue weighted by atomic mass is 9.98. The largest absolute Gasteiger partial charge is 0.0842 e. The molecular weight excluding hydrogens is 232 g/mol. The molecule has 0 unspecified atom stereocenters. The summed E-state index contributed by atoms with van der Waals surface area (Å²) in [6, 6.07) is 4.52. The second-order valence-electron chi connectivity index (χ2n) is 4.54. The van der Waals surface area contributed by atoms with E-state index in [0.29, 0.717) is 0 Å². The van der Waals surface area contributed by atoms with Crippen molar-refractivity contribution < 1.29 is 0 Å². The van der Waals surface area contributed by atoms with Crippen molar-refractivity contribution in [3.8, 4) is 0 Å². The highest BCUT2D eigenvalue weighted by Crippen LogP contribution is 2.22. The average molecular weight is 255 g/mol. The van der Waals surface area contributed by atoms with Gasteiger partial charge < -0.3 is 0 Å². The fraction of sp³-hybridized carbons (Fsp3) is 0.571. The third-order valence-corrected chi connectivity index (χ3v) is 4.79. The molecule has 16 heavy (non-hydrogen) atoms. The fourth-order valence-electron chi connectivity index (χ4n) is 2.00. The maximum absolute atomic E-state index is 6.45. The van der Waals surface area contributed by atoms with E-state index in [4.69, 9.17) is 11.6 Å². The maximum atomic E-state index is 6.45. The summed E-state index contributed by atoms with van der Waals surface area (Å²) in [5.74, 6) is 0. The molecule has 0 spiro atoms. The lowest BCUT2D eigenvalue weighted by molar-refractivity contribution is 0.759. The number of aryl methyl sites for hydroxylation is 1. The van der Waals surface area contributed by atoms with Crippen molar-refractivity contribution in [1.29, 1.82) is 0 Å². The number of rotatable bonds is 6. The van der Waals surface area contributed by atoms with Crippen LogP contribution in [0.25, 0.3) is 0 Å². The van der Waals surface area contributed by atoms with Crippen molar-refractivity contribution in [3.05, 3.63) is 28.3 Å². The first-order valence-corrected chi connectivity index (χ1v) is 7.85. The molecule has 2 heteroatoms. The van der Waals surface area contributed by atoms with Gasteiger partial charge in [0.1, 0.15) is 0 Å². The zero-order valence-electron chi connectivity index (χ0n) is 10.8. The van der Waals surface area contributed by atoms with Gasteiger partial charge in [0.05, 0.1) is 0 Å². The van der Waals surface area contributed by atoms with Crippen LogP contribution in [0.3, 0.4) is 0 Å². The van der Waals surface area contributed by atoms with Crippen LogP contribution in [0.2, 0.25) is 5.02 Å². The summed E-state index contributed by atoms with van der Waals surface area (Å²) >= 11 is 6.45. The quantitative estimate of drug-likeness (QED) is 0.685. The zero-order valence-corrected chi connectivity index (χ0v) is 13.5. The van der Waals surface area contributed by atoms with Crippen molar-refractivity contribution in [2.45, 2.75) is 52.4 Å². The molecule has 0 atom stereocenters. The Kier molecular flexibility index (Phi) is 6.15. The van der Waals surface area contributed by atoms with E-state index in [0.717, 1.165) is 21.7 Å². The molecule has 0 fully saturated rings. The first-order valence-electron chi connectivity index (χ1n) is 6.47. The molecule has 0 nitrogen and oxygen atoms in total. The Balaban J connectivity index is 2.91. The molecule has 0 N–H and O–H groups in total. The van der Waals surface area contributed by atoms with Crippen molar-refractivity contribution in [1.82, 2.24) is 0 Å². The van der Waals surface area contributed by atoms with Crippen LogP contribution in [-0.2, 0) is 12.8 Å². The SMILES string of the molecule is CCCCc1ccc([SiH3])c(Cl)c1CCCC. The molecule has 0 heterocycles. The van der Waals surface area contributed by atoms with Crippen molar-refractivity contribution in [3.63, 3.8) is 0 Å². The second-order valence-corrected chi connectivity index (χ2v) is 6.00. The number of halogens is 1. The summed E-state index contributed by atoms with van der Waals surface area (Å²) in [5.41, 5.74) is 2.92. The Morgan fingerprint density at radius 2 is 1.69 bits per heavy atom. The van der Waals surface area contributed by atoms with Gasteiger partial charge in [-0.1, -0.05) is 55.6 Å². The van der Waals surface area contributed by atoms with Crippen LogP contribution in [0.15, 0.2) is 12.1 Å². The number of benzene rings is 1. The molecule has 90 valence electrons. The summed E-state index contributed by atoms with van der Waals surface area (Å²) in [6.45, 7) is 4.48. The summed E-state index contributed by atoms with van der Waals surface area (Å²) < 4.78 is 0. The molecule has 1 aromatic rings. The molecule has 0 saturated heterocycles. The first kappa shape index (κ1) is 13.8. The minimum absolute atomic E-state index is 1.05. The van der Waals surface area contributed by atoms with Gasteiger partial charge in [0.15, 0.2) is 0 Å². The third kappa shape index (κ3) is 3.64. The Morgan fingerprint density at radius 1 is 1.06 bits per heavy atom. The molecule has 0 saturated carbocycles. The van der Waals surface area contributed by atoms with Gasteiger partial charge in [-0.25, -0.2) is 0 Å². The lowest BCUT2D eigenvalue weighted by Crippen LogP contribution is -2.09. The highest BCUT2D eigenvalue weighted by molar-refractivity contribution is 6.45. The molecule has 0 amide bonds. The standard InChI is InChI=1S/C14H23ClSi/c1-3-5-7-11-9-10-13(16)14(15)12(11)8-6-4-2/h9-10H,3-8H2,1-2,16H3. The van der Waals surface area contributed by atoms with E-state index in [1.165, 1.54) is 48.4 Å². The van der Waals surface area contributed by atoms with Gasteiger partial charge in [-0.3, -0.25) is 0 Å². The Bertz CT molecular complexity index is 334. The predicted octanol–water partition coefficient (Wildman–Crippen LogP) is 3.02. The summed E-state index contributed by atoms with van der Waals surface area (Å²) in [4.78, 5) is 0. The monoisotopic (exact) mass is 254 g/mol. The van der Waals surface area contributed by atoms with Crippen LogP contribution in [-0.4, -0.2) is 10.2 Å². The van der Waals surface area contributed by atoms with E-state index >= 15 is 0 Å². The van der Waals surface area contributed by atoms with Crippen LogP contribution < -0.4 is 5.19 Å². The van der Waals surface area contributed by atoms with E-state index in [-0.39, 0.29) is 0 Å². The molecule has 1 aromatic carbocycles. The molecule has 0 radical (unpaired) electrons. The molecule has 0 aliphatic rings. The van der Waals surface area contributed by atoms with Crippen LogP contribution in [0.5, 0.6) is 0 Å². The summed E-state index contributed by atoms with van der Waals surface area (Å²) in [6.07, 6.45) is 7.38. The number of hydrogen-bond donors (Lipinski definition) is 0. The average Bonchev–Trinajstić information content (AvgIpc) is 2.29. The maximum Gasteiger partial charge on any atom is 0.0422 e. The molecule has 1 rings (SSSR count). The van der Waals surface area contributed by atoms with E-state index in [1.807, 2.05) is 0 Å². The highest BCUT2D eigenvalue weighted by atomic mass is 35.5. The van der Waals surface area contributed by atoms with Crippen molar-refractivity contribution in [2.24, 2.45) is 0 Å². The second kappa shape index (κ2) is 7.13. The van der Waals surface area contributed by atoms with Gasteiger partial charge in [-0.05, 0) is 36.8 Å². The van der Waals surface area contributed by atoms with E-state index in [9.17, 15) is 0 Å². The van der Waals surface area contributed by atoms with Gasteiger partial charge in [-0.2, -0.15) is 0 Å². The topological polar surface area (TPSA) is 0 Å². The van der Waals surface area contributed by atoms with E-state index in [2.05, 4.69) is 26.0 Å². The van der Waals surface area contributed by atoms with Crippen molar-refractivity contribution in [2.75, 3.05) is 0 Å². The van der Waals surface area contributed by atoms with Gasteiger partial charge in [0.25, 0.3) is 0 Å². The summed E-state index contributed by atoms with van der Waals surface area (Å²) in [5, 5.41) is 2.42. The predicted molar refractivity (Wildman–Crippen MR) is 78.2 cm³/mol. The van der Waals surface area contributed by atoms with Crippen LogP contribution in [0, 0.1) is 0 Å². The van der Waals surface area contributed by atoms with Crippen LogP contribution in [0.4, 0.5) is 0 Å². The number of unbranched alkanes of at least 4 members (excludes halogenated alkanes) is 2. The normalized spacial score (nSPS) is 10.9. The third-order valence-electron chi connectivity index (χ3n) is 3.11. The fourth-order valence-corrected chi connectivity index (χ4v) is 2.75. The lowest BCUT2D eigenvalue weighted by Gasteiger charge is -2.13. The molecule has 0 aliphatic carbocycles. The molecule has 0 aromatic heterocycles. The Morgan fingerprint density at radius 3 is 2.31 bits per heavy atom. The highest BCUT2D eigenvalue weighted by Gasteiger charge is 2.08. The van der Waals surface area contributed by atoms with E-state index < -0.39 is 0 Å². The molecular formula is C14H23ClSi. The summed E-state index contributed by atoms with van der Waals surface area (Å²) in [7, 11) is 1.05. The minimum atomic E-state index is 1.05. The van der Waals surface area contributed by atoms with Gasteiger partial charge in [0.2, 0.25) is 0 Å². The zero-order chi connectivity index (χ0) is 12.0. The molecule has 0 aliphatic heterocycles. The number of hydrogen-bond acceptors (Lipinski definition) is 0. The van der Waals surface area contributed by atoms with Crippen molar-refractivity contribution >= 4 is 27.0 Å². The smallest absolute Gasteiger partial charge is 0.0422 e. The van der Waals surface area contributed by atoms with Gasteiger partial charge >= 0.3 is 0 Å². The van der Waals surface area contributed by atoms with Crippen LogP contribution >= 0.6 is 11.6 Å². The van der Waals surface area contributed by atoms with Gasteiger partial charge in [0, 0.05) is 15.3 Å². The molecule has 0 bridgehead atoms. The van der Waals surface area contributed by atoms with E-state index in [1.54, 1.807) is 0 Å².